The van der Waals surface area contributed by atoms with Crippen LogP contribution < -0.4 is 5.32 Å². The summed E-state index contributed by atoms with van der Waals surface area (Å²) in [5.41, 5.74) is 1.54. The lowest BCUT2D eigenvalue weighted by atomic mass is 9.93. The van der Waals surface area contributed by atoms with E-state index in [1.165, 1.54) is 35.0 Å². The van der Waals surface area contributed by atoms with Gasteiger partial charge in [0, 0.05) is 16.5 Å². The first-order valence-corrected chi connectivity index (χ1v) is 8.81. The van der Waals surface area contributed by atoms with Gasteiger partial charge in [-0.1, -0.05) is 27.7 Å². The molecule has 0 amide bonds. The van der Waals surface area contributed by atoms with Crippen molar-refractivity contribution < 1.29 is 0 Å². The molecule has 0 bridgehead atoms. The second-order valence-electron chi connectivity index (χ2n) is 6.10. The van der Waals surface area contributed by atoms with Gasteiger partial charge in [-0.15, -0.1) is 11.3 Å². The van der Waals surface area contributed by atoms with Gasteiger partial charge in [0.2, 0.25) is 0 Å². The minimum absolute atomic E-state index is 0.148. The first-order chi connectivity index (χ1) is 8.48. The Bertz CT molecular complexity index is 387. The number of nitrogens with zero attached hydrogens (tertiary/aromatic N) is 1. The van der Waals surface area contributed by atoms with E-state index in [-0.39, 0.29) is 11.0 Å². The SMILES string of the molecule is CCCNC1(c2nc(C(C)(C)C)cs2)CCSC1. The van der Waals surface area contributed by atoms with Crippen LogP contribution in [0.5, 0.6) is 0 Å². The highest BCUT2D eigenvalue weighted by Gasteiger charge is 2.38. The Hall–Kier alpha value is -0.0600. The number of aromatic nitrogens is 1. The van der Waals surface area contributed by atoms with Crippen LogP contribution in [0.15, 0.2) is 5.38 Å². The fraction of sp³-hybridized carbons (Fsp3) is 0.786. The topological polar surface area (TPSA) is 24.9 Å². The highest BCUT2D eigenvalue weighted by molar-refractivity contribution is 7.99. The second-order valence-corrected chi connectivity index (χ2v) is 8.06. The van der Waals surface area contributed by atoms with Crippen molar-refractivity contribution in [3.63, 3.8) is 0 Å². The van der Waals surface area contributed by atoms with Crippen LogP contribution in [0.4, 0.5) is 0 Å². The molecule has 1 aliphatic heterocycles. The molecule has 4 heteroatoms. The molecule has 0 saturated carbocycles. The third-order valence-electron chi connectivity index (χ3n) is 3.42. The Labute approximate surface area is 119 Å². The maximum Gasteiger partial charge on any atom is 0.114 e. The summed E-state index contributed by atoms with van der Waals surface area (Å²) in [7, 11) is 0. The molecule has 18 heavy (non-hydrogen) atoms. The Morgan fingerprint density at radius 1 is 1.44 bits per heavy atom. The third-order valence-corrected chi connectivity index (χ3v) is 5.65. The first-order valence-electron chi connectivity index (χ1n) is 6.77. The number of thioether (sulfide) groups is 1. The molecular formula is C14H24N2S2. The molecule has 0 spiro atoms. The average molecular weight is 284 g/mol. The predicted octanol–water partition coefficient (Wildman–Crippen LogP) is 3.77. The zero-order valence-electron chi connectivity index (χ0n) is 11.9. The van der Waals surface area contributed by atoms with E-state index in [4.69, 9.17) is 4.98 Å². The zero-order valence-corrected chi connectivity index (χ0v) is 13.5. The Balaban J connectivity index is 2.23. The van der Waals surface area contributed by atoms with E-state index in [0.717, 1.165) is 6.54 Å². The van der Waals surface area contributed by atoms with Crippen molar-refractivity contribution in [1.29, 1.82) is 0 Å². The molecule has 1 unspecified atom stereocenters. The minimum atomic E-state index is 0.148. The van der Waals surface area contributed by atoms with Gasteiger partial charge >= 0.3 is 0 Å². The summed E-state index contributed by atoms with van der Waals surface area (Å²) in [5, 5.41) is 7.29. The van der Waals surface area contributed by atoms with Crippen molar-refractivity contribution in [2.75, 3.05) is 18.1 Å². The number of rotatable bonds is 4. The molecule has 2 nitrogen and oxygen atoms in total. The molecule has 2 rings (SSSR count). The quantitative estimate of drug-likeness (QED) is 0.911. The number of hydrogen-bond donors (Lipinski definition) is 1. The van der Waals surface area contributed by atoms with Gasteiger partial charge in [-0.05, 0) is 25.1 Å². The molecular weight excluding hydrogens is 260 g/mol. The van der Waals surface area contributed by atoms with Gasteiger partial charge in [0.15, 0.2) is 0 Å². The highest BCUT2D eigenvalue weighted by Crippen LogP contribution is 2.39. The number of hydrogen-bond acceptors (Lipinski definition) is 4. The summed E-state index contributed by atoms with van der Waals surface area (Å²) >= 11 is 3.88. The van der Waals surface area contributed by atoms with Gasteiger partial charge in [0.1, 0.15) is 5.01 Å². The van der Waals surface area contributed by atoms with Gasteiger partial charge in [-0.2, -0.15) is 11.8 Å². The van der Waals surface area contributed by atoms with E-state index in [1.807, 2.05) is 23.1 Å². The van der Waals surface area contributed by atoms with E-state index in [2.05, 4.69) is 38.4 Å². The minimum Gasteiger partial charge on any atom is -0.305 e. The van der Waals surface area contributed by atoms with Gasteiger partial charge in [-0.25, -0.2) is 4.98 Å². The van der Waals surface area contributed by atoms with Gasteiger partial charge < -0.3 is 5.32 Å². The van der Waals surface area contributed by atoms with Gasteiger partial charge in [0.25, 0.3) is 0 Å². The van der Waals surface area contributed by atoms with E-state index in [0.29, 0.717) is 0 Å². The number of thiazole rings is 1. The van der Waals surface area contributed by atoms with Crippen molar-refractivity contribution in [3.05, 3.63) is 16.1 Å². The predicted molar refractivity (Wildman–Crippen MR) is 82.7 cm³/mol. The molecule has 0 aliphatic carbocycles. The lowest BCUT2D eigenvalue weighted by molar-refractivity contribution is 0.373. The lowest BCUT2D eigenvalue weighted by Gasteiger charge is -2.27. The summed E-state index contributed by atoms with van der Waals surface area (Å²) in [4.78, 5) is 4.93. The van der Waals surface area contributed by atoms with Crippen molar-refractivity contribution in [1.82, 2.24) is 10.3 Å². The Kier molecular flexibility index (Phi) is 4.40. The average Bonchev–Trinajstić information content (AvgIpc) is 2.95. The monoisotopic (exact) mass is 284 g/mol. The maximum atomic E-state index is 4.93. The fourth-order valence-corrected chi connectivity index (χ4v) is 4.86. The lowest BCUT2D eigenvalue weighted by Crippen LogP contribution is -2.43. The van der Waals surface area contributed by atoms with Crippen LogP contribution in [0.25, 0.3) is 0 Å². The summed E-state index contributed by atoms with van der Waals surface area (Å²) in [6, 6.07) is 0. The van der Waals surface area contributed by atoms with Crippen molar-refractivity contribution in [2.45, 2.75) is 51.5 Å². The molecule has 102 valence electrons. The number of nitrogens with one attached hydrogen (secondary N) is 1. The maximum absolute atomic E-state index is 4.93. The van der Waals surface area contributed by atoms with Crippen molar-refractivity contribution in [3.8, 4) is 0 Å². The summed E-state index contributed by atoms with van der Waals surface area (Å²) in [5.74, 6) is 2.42. The normalized spacial score (nSPS) is 24.7. The zero-order chi connectivity index (χ0) is 13.2. The smallest absolute Gasteiger partial charge is 0.114 e. The molecule has 1 atom stereocenters. The van der Waals surface area contributed by atoms with E-state index in [9.17, 15) is 0 Å². The Morgan fingerprint density at radius 3 is 2.72 bits per heavy atom. The standard InChI is InChI=1S/C14H24N2S2/c1-5-7-15-14(6-8-17-10-14)12-16-11(9-18-12)13(2,3)4/h9,15H,5-8,10H2,1-4H3. The molecule has 2 heterocycles. The summed E-state index contributed by atoms with van der Waals surface area (Å²) < 4.78 is 0. The van der Waals surface area contributed by atoms with Crippen LogP contribution in [0.2, 0.25) is 0 Å². The molecule has 1 fully saturated rings. The molecule has 0 radical (unpaired) electrons. The third kappa shape index (κ3) is 2.91. The first kappa shape index (κ1) is 14.4. The molecule has 1 aromatic heterocycles. The highest BCUT2D eigenvalue weighted by atomic mass is 32.2. The van der Waals surface area contributed by atoms with Crippen LogP contribution >= 0.6 is 23.1 Å². The van der Waals surface area contributed by atoms with Crippen LogP contribution in [0, 0.1) is 0 Å². The van der Waals surface area contributed by atoms with Crippen LogP contribution in [-0.2, 0) is 11.0 Å². The molecule has 1 aliphatic rings. The van der Waals surface area contributed by atoms with Crippen LogP contribution in [0.3, 0.4) is 0 Å². The van der Waals surface area contributed by atoms with E-state index in [1.54, 1.807) is 0 Å². The van der Waals surface area contributed by atoms with E-state index >= 15 is 0 Å². The Morgan fingerprint density at radius 2 is 2.22 bits per heavy atom. The molecule has 0 aromatic carbocycles. The molecule has 1 saturated heterocycles. The molecule has 1 N–H and O–H groups in total. The second kappa shape index (κ2) is 5.51. The van der Waals surface area contributed by atoms with Crippen LogP contribution in [-0.4, -0.2) is 23.0 Å². The fourth-order valence-electron chi connectivity index (χ4n) is 2.15. The van der Waals surface area contributed by atoms with Gasteiger partial charge in [0.05, 0.1) is 11.2 Å². The summed E-state index contributed by atoms with van der Waals surface area (Å²) in [6.07, 6.45) is 2.40. The molecule has 1 aromatic rings. The van der Waals surface area contributed by atoms with E-state index < -0.39 is 0 Å². The largest absolute Gasteiger partial charge is 0.305 e. The van der Waals surface area contributed by atoms with Crippen molar-refractivity contribution >= 4 is 23.1 Å². The van der Waals surface area contributed by atoms with Crippen molar-refractivity contribution in [2.24, 2.45) is 0 Å². The van der Waals surface area contributed by atoms with Crippen LogP contribution in [0.1, 0.15) is 51.2 Å². The summed E-state index contributed by atoms with van der Waals surface area (Å²) in [6.45, 7) is 10.0. The van der Waals surface area contributed by atoms with Gasteiger partial charge in [-0.3, -0.25) is 0 Å².